The summed E-state index contributed by atoms with van der Waals surface area (Å²) >= 11 is 3.60. The summed E-state index contributed by atoms with van der Waals surface area (Å²) in [6, 6.07) is 15.1. The lowest BCUT2D eigenvalue weighted by atomic mass is 10.1. The summed E-state index contributed by atoms with van der Waals surface area (Å²) in [4.78, 5) is 8.92. The van der Waals surface area contributed by atoms with Crippen molar-refractivity contribution in [2.75, 3.05) is 5.32 Å². The third-order valence-corrected chi connectivity index (χ3v) is 4.60. The second kappa shape index (κ2) is 6.22. The predicted octanol–water partition coefficient (Wildman–Crippen LogP) is 4.92. The van der Waals surface area contributed by atoms with Gasteiger partial charge >= 0.3 is 0 Å². The molecule has 5 nitrogen and oxygen atoms in total. The molecule has 0 aliphatic heterocycles. The maximum absolute atomic E-state index is 10.3. The number of fused-ring (bicyclic) bond motifs is 1. The van der Waals surface area contributed by atoms with E-state index in [0.717, 1.165) is 21.5 Å². The molecule has 0 spiro atoms. The van der Waals surface area contributed by atoms with Crippen LogP contribution in [0.25, 0.3) is 17.0 Å². The molecular formula is C19H15BrN4O. The molecule has 0 aliphatic rings. The first-order valence-corrected chi connectivity index (χ1v) is 8.57. The highest BCUT2D eigenvalue weighted by Crippen LogP contribution is 2.36. The first-order chi connectivity index (χ1) is 12.1. The second-order valence-corrected chi connectivity index (χ2v) is 6.58. The Labute approximate surface area is 153 Å². The maximum atomic E-state index is 10.3. The van der Waals surface area contributed by atoms with Crippen LogP contribution in [-0.4, -0.2) is 19.5 Å². The first kappa shape index (κ1) is 15.7. The maximum Gasteiger partial charge on any atom is 0.235 e. The number of nitrogens with zero attached hydrogens (tertiary/aromatic N) is 3. The molecule has 2 N–H and O–H groups in total. The number of benzene rings is 2. The number of aryl methyl sites for hydroxylation is 1. The molecule has 2 aromatic heterocycles. The lowest BCUT2D eigenvalue weighted by Crippen LogP contribution is -1.98. The third kappa shape index (κ3) is 2.85. The highest BCUT2D eigenvalue weighted by molar-refractivity contribution is 9.10. The summed E-state index contributed by atoms with van der Waals surface area (Å²) in [5.74, 6) is 1.48. The lowest BCUT2D eigenvalue weighted by molar-refractivity contribution is 0.477. The first-order valence-electron chi connectivity index (χ1n) is 7.78. The van der Waals surface area contributed by atoms with Gasteiger partial charge in [-0.15, -0.1) is 0 Å². The summed E-state index contributed by atoms with van der Waals surface area (Å²) in [5, 5.41) is 13.7. The van der Waals surface area contributed by atoms with Crippen molar-refractivity contribution >= 4 is 33.2 Å². The van der Waals surface area contributed by atoms with Crippen LogP contribution in [-0.2, 0) is 0 Å². The van der Waals surface area contributed by atoms with Crippen molar-refractivity contribution in [3.05, 3.63) is 71.0 Å². The minimum Gasteiger partial charge on any atom is -0.507 e. The number of imidazole rings is 1. The average molecular weight is 395 g/mol. The van der Waals surface area contributed by atoms with Crippen LogP contribution < -0.4 is 5.32 Å². The molecule has 0 amide bonds. The van der Waals surface area contributed by atoms with E-state index in [1.54, 1.807) is 18.3 Å². The number of nitrogens with one attached hydrogen (secondary N) is 1. The minimum absolute atomic E-state index is 0.178. The Hall–Kier alpha value is -2.86. The molecular weight excluding hydrogens is 380 g/mol. The number of hydrogen-bond donors (Lipinski definition) is 2. The molecule has 2 aromatic carbocycles. The van der Waals surface area contributed by atoms with E-state index >= 15 is 0 Å². The van der Waals surface area contributed by atoms with E-state index in [1.807, 2.05) is 53.9 Å². The smallest absolute Gasteiger partial charge is 0.235 e. The van der Waals surface area contributed by atoms with E-state index in [9.17, 15) is 5.11 Å². The zero-order valence-electron chi connectivity index (χ0n) is 13.4. The van der Waals surface area contributed by atoms with E-state index in [0.29, 0.717) is 17.0 Å². The van der Waals surface area contributed by atoms with Crippen LogP contribution in [0.15, 0.2) is 65.4 Å². The number of phenolic OH excluding ortho intramolecular Hbond substituents is 1. The van der Waals surface area contributed by atoms with Gasteiger partial charge in [0.2, 0.25) is 5.78 Å². The molecule has 0 saturated heterocycles. The normalized spacial score (nSPS) is 11.0. The van der Waals surface area contributed by atoms with Crippen molar-refractivity contribution in [1.82, 2.24) is 14.4 Å². The van der Waals surface area contributed by atoms with Crippen LogP contribution in [0.4, 0.5) is 11.5 Å². The lowest BCUT2D eigenvalue weighted by Gasteiger charge is -2.11. The van der Waals surface area contributed by atoms with Gasteiger partial charge in [-0.25, -0.2) is 9.97 Å². The summed E-state index contributed by atoms with van der Waals surface area (Å²) in [7, 11) is 0. The molecule has 0 radical (unpaired) electrons. The van der Waals surface area contributed by atoms with Crippen molar-refractivity contribution in [2.45, 2.75) is 6.92 Å². The zero-order valence-corrected chi connectivity index (χ0v) is 15.0. The van der Waals surface area contributed by atoms with Crippen molar-refractivity contribution in [3.8, 4) is 17.0 Å². The molecule has 4 aromatic rings. The fourth-order valence-electron chi connectivity index (χ4n) is 2.72. The second-order valence-electron chi connectivity index (χ2n) is 5.72. The summed E-state index contributed by atoms with van der Waals surface area (Å²) in [6.07, 6.45) is 3.59. The monoisotopic (exact) mass is 394 g/mol. The van der Waals surface area contributed by atoms with E-state index < -0.39 is 0 Å². The molecule has 4 rings (SSSR count). The molecule has 0 atom stereocenters. The van der Waals surface area contributed by atoms with Gasteiger partial charge < -0.3 is 10.4 Å². The van der Waals surface area contributed by atoms with Gasteiger partial charge in [0, 0.05) is 22.4 Å². The van der Waals surface area contributed by atoms with Gasteiger partial charge in [0.25, 0.3) is 0 Å². The fraction of sp³-hybridized carbons (Fsp3) is 0.0526. The van der Waals surface area contributed by atoms with Crippen molar-refractivity contribution in [3.63, 3.8) is 0 Å². The van der Waals surface area contributed by atoms with Crippen LogP contribution >= 0.6 is 15.9 Å². The van der Waals surface area contributed by atoms with Crippen LogP contribution in [0, 0.1) is 6.92 Å². The SMILES string of the molecule is Cc1ccc(Nc2c(-c3ccccc3O)nc3ncccn23)c(Br)c1. The third-order valence-electron chi connectivity index (χ3n) is 3.94. The largest absolute Gasteiger partial charge is 0.507 e. The number of anilines is 2. The topological polar surface area (TPSA) is 62.5 Å². The highest BCUT2D eigenvalue weighted by atomic mass is 79.9. The quantitative estimate of drug-likeness (QED) is 0.517. The van der Waals surface area contributed by atoms with Crippen LogP contribution in [0.2, 0.25) is 0 Å². The standard InChI is InChI=1S/C19H15BrN4O/c1-12-7-8-15(14(20)11-12)22-18-17(13-5-2-3-6-16(13)25)23-19-21-9-4-10-24(18)19/h2-11,22,25H,1H3. The Morgan fingerprint density at radius 2 is 1.96 bits per heavy atom. The van der Waals surface area contributed by atoms with Gasteiger partial charge in [-0.1, -0.05) is 18.2 Å². The van der Waals surface area contributed by atoms with Gasteiger partial charge in [0.1, 0.15) is 17.3 Å². The minimum atomic E-state index is 0.178. The summed E-state index contributed by atoms with van der Waals surface area (Å²) < 4.78 is 2.82. The number of halogens is 1. The fourth-order valence-corrected chi connectivity index (χ4v) is 3.31. The van der Waals surface area contributed by atoms with Gasteiger partial charge in [0.05, 0.1) is 5.69 Å². The number of rotatable bonds is 3. The number of aromatic nitrogens is 3. The molecule has 25 heavy (non-hydrogen) atoms. The van der Waals surface area contributed by atoms with Crippen molar-refractivity contribution < 1.29 is 5.11 Å². The van der Waals surface area contributed by atoms with Gasteiger partial charge in [-0.05, 0) is 58.7 Å². The molecule has 0 fully saturated rings. The number of aromatic hydroxyl groups is 1. The molecule has 0 aliphatic carbocycles. The molecule has 0 bridgehead atoms. The Kier molecular flexibility index (Phi) is 3.89. The molecule has 0 unspecified atom stereocenters. The van der Waals surface area contributed by atoms with E-state index in [2.05, 4.69) is 31.2 Å². The van der Waals surface area contributed by atoms with Crippen LogP contribution in [0.3, 0.4) is 0 Å². The van der Waals surface area contributed by atoms with Crippen LogP contribution in [0.1, 0.15) is 5.56 Å². The number of phenols is 1. The van der Waals surface area contributed by atoms with Crippen molar-refractivity contribution in [2.24, 2.45) is 0 Å². The Bertz CT molecular complexity index is 1070. The van der Waals surface area contributed by atoms with Crippen LogP contribution in [0.5, 0.6) is 5.75 Å². The van der Waals surface area contributed by atoms with E-state index in [1.165, 1.54) is 0 Å². The molecule has 0 saturated carbocycles. The molecule has 6 heteroatoms. The molecule has 124 valence electrons. The van der Waals surface area contributed by atoms with E-state index in [-0.39, 0.29) is 5.75 Å². The van der Waals surface area contributed by atoms with E-state index in [4.69, 9.17) is 0 Å². The zero-order chi connectivity index (χ0) is 17.4. The number of hydrogen-bond acceptors (Lipinski definition) is 4. The predicted molar refractivity (Wildman–Crippen MR) is 102 cm³/mol. The average Bonchev–Trinajstić information content (AvgIpc) is 2.96. The Morgan fingerprint density at radius 3 is 2.76 bits per heavy atom. The van der Waals surface area contributed by atoms with Gasteiger partial charge in [-0.2, -0.15) is 0 Å². The molecule has 2 heterocycles. The highest BCUT2D eigenvalue weighted by Gasteiger charge is 2.18. The number of para-hydroxylation sites is 1. The summed E-state index contributed by atoms with van der Waals surface area (Å²) in [5.41, 5.74) is 3.37. The Balaban J connectivity index is 1.92. The van der Waals surface area contributed by atoms with Gasteiger partial charge in [0.15, 0.2) is 0 Å². The Morgan fingerprint density at radius 1 is 1.12 bits per heavy atom. The summed E-state index contributed by atoms with van der Waals surface area (Å²) in [6.45, 7) is 2.04. The van der Waals surface area contributed by atoms with Crippen molar-refractivity contribution in [1.29, 1.82) is 0 Å². The van der Waals surface area contributed by atoms with Gasteiger partial charge in [-0.3, -0.25) is 4.40 Å².